The summed E-state index contributed by atoms with van der Waals surface area (Å²) in [7, 11) is 1.64. The first-order chi connectivity index (χ1) is 19.0. The molecular weight excluding hydrogens is 494 g/mol. The third kappa shape index (κ3) is 4.44. The second-order valence-corrected chi connectivity index (χ2v) is 10.4. The van der Waals surface area contributed by atoms with Gasteiger partial charge in [-0.1, -0.05) is 18.1 Å². The van der Waals surface area contributed by atoms with Crippen LogP contribution in [0.4, 0.5) is 11.8 Å². The average molecular weight is 528 g/mol. The summed E-state index contributed by atoms with van der Waals surface area (Å²) in [6, 6.07) is 7.90. The van der Waals surface area contributed by atoms with E-state index in [0.717, 1.165) is 62.0 Å². The van der Waals surface area contributed by atoms with E-state index in [4.69, 9.17) is 20.7 Å². The first-order valence-corrected chi connectivity index (χ1v) is 13.6. The second-order valence-electron chi connectivity index (χ2n) is 10.4. The van der Waals surface area contributed by atoms with E-state index in [-0.39, 0.29) is 19.1 Å². The summed E-state index contributed by atoms with van der Waals surface area (Å²) < 4.78 is 4.46. The zero-order valence-electron chi connectivity index (χ0n) is 22.4. The van der Waals surface area contributed by atoms with Crippen molar-refractivity contribution in [2.45, 2.75) is 51.7 Å². The number of hydrogen-bond donors (Lipinski definition) is 1. The lowest BCUT2D eigenvalue weighted by atomic mass is 10.1. The Balaban J connectivity index is 1.50. The maximum Gasteiger partial charge on any atom is 0.332 e. The van der Waals surface area contributed by atoms with Gasteiger partial charge in [0.15, 0.2) is 17.0 Å². The van der Waals surface area contributed by atoms with Gasteiger partial charge in [0.05, 0.1) is 18.6 Å². The molecule has 11 nitrogen and oxygen atoms in total. The van der Waals surface area contributed by atoms with E-state index < -0.39 is 11.2 Å². The van der Waals surface area contributed by atoms with Crippen LogP contribution < -0.4 is 26.8 Å². The number of aryl methyl sites for hydroxylation is 1. The summed E-state index contributed by atoms with van der Waals surface area (Å²) in [6.45, 7) is 5.27. The molecule has 1 atom stereocenters. The topological polar surface area (TPSA) is 120 Å². The molecule has 4 aromatic rings. The molecule has 0 amide bonds. The lowest BCUT2D eigenvalue weighted by molar-refractivity contribution is 0.496. The van der Waals surface area contributed by atoms with Crippen molar-refractivity contribution in [2.24, 2.45) is 12.8 Å². The number of hydrogen-bond acceptors (Lipinski definition) is 8. The molecule has 5 heterocycles. The summed E-state index contributed by atoms with van der Waals surface area (Å²) in [5.41, 5.74) is 6.84. The Bertz CT molecular complexity index is 1730. The van der Waals surface area contributed by atoms with Crippen molar-refractivity contribution < 1.29 is 0 Å². The fourth-order valence-corrected chi connectivity index (χ4v) is 5.73. The van der Waals surface area contributed by atoms with Crippen molar-refractivity contribution >= 4 is 33.8 Å². The molecule has 39 heavy (non-hydrogen) atoms. The van der Waals surface area contributed by atoms with Crippen molar-refractivity contribution in [2.75, 3.05) is 36.0 Å². The van der Waals surface area contributed by atoms with E-state index in [2.05, 4.69) is 21.6 Å². The molecule has 2 aliphatic rings. The van der Waals surface area contributed by atoms with Crippen LogP contribution in [0.25, 0.3) is 22.1 Å². The number of para-hydroxylation sites is 1. The predicted octanol–water partition coefficient (Wildman–Crippen LogP) is 1.44. The van der Waals surface area contributed by atoms with Crippen molar-refractivity contribution in [1.29, 1.82) is 0 Å². The normalized spacial score (nSPS) is 17.7. The Labute approximate surface area is 225 Å². The summed E-state index contributed by atoms with van der Waals surface area (Å²) in [5, 5.41) is 0.972. The quantitative estimate of drug-likeness (QED) is 0.387. The van der Waals surface area contributed by atoms with Crippen LogP contribution in [-0.2, 0) is 20.1 Å². The van der Waals surface area contributed by atoms with Crippen molar-refractivity contribution in [3.8, 4) is 11.8 Å². The maximum atomic E-state index is 14.0. The van der Waals surface area contributed by atoms with Crippen molar-refractivity contribution in [1.82, 2.24) is 28.7 Å². The van der Waals surface area contributed by atoms with E-state index >= 15 is 0 Å². The molecule has 2 saturated heterocycles. The van der Waals surface area contributed by atoms with Gasteiger partial charge in [0.1, 0.15) is 5.82 Å². The summed E-state index contributed by atoms with van der Waals surface area (Å²) >= 11 is 0. The van der Waals surface area contributed by atoms with Crippen LogP contribution in [0.5, 0.6) is 0 Å². The molecule has 1 aromatic carbocycles. The molecule has 1 unspecified atom stereocenters. The summed E-state index contributed by atoms with van der Waals surface area (Å²) in [4.78, 5) is 46.2. The molecule has 0 aliphatic carbocycles. The predicted molar refractivity (Wildman–Crippen MR) is 152 cm³/mol. The van der Waals surface area contributed by atoms with Crippen LogP contribution in [-0.4, -0.2) is 60.9 Å². The van der Waals surface area contributed by atoms with Gasteiger partial charge in [-0.05, 0) is 44.7 Å². The van der Waals surface area contributed by atoms with Gasteiger partial charge < -0.3 is 15.5 Å². The number of imidazole rings is 1. The fraction of sp³-hybridized carbons (Fsp3) is 0.464. The lowest BCUT2D eigenvalue weighted by Gasteiger charge is -2.31. The van der Waals surface area contributed by atoms with E-state index in [1.54, 1.807) is 14.0 Å². The Hall–Kier alpha value is -4.17. The van der Waals surface area contributed by atoms with Crippen LogP contribution >= 0.6 is 0 Å². The highest BCUT2D eigenvalue weighted by Crippen LogP contribution is 2.27. The number of rotatable bonds is 5. The smallest absolute Gasteiger partial charge is 0.332 e. The number of aromatic nitrogens is 6. The SMILES string of the molecule is CC#CCn1c(N2CCCC(N)C2)nc2c1c(=O)n(Cc1nc(N3CCCC3)c3ccccc3n1)c(=O)n2C. The molecule has 6 rings (SSSR count). The third-order valence-corrected chi connectivity index (χ3v) is 7.70. The van der Waals surface area contributed by atoms with E-state index in [1.807, 2.05) is 28.8 Å². The molecule has 0 radical (unpaired) electrons. The molecule has 2 fully saturated rings. The molecule has 202 valence electrons. The maximum absolute atomic E-state index is 14.0. The zero-order valence-corrected chi connectivity index (χ0v) is 22.4. The lowest BCUT2D eigenvalue weighted by Crippen LogP contribution is -2.44. The number of nitrogens with two attached hydrogens (primary N) is 1. The molecule has 0 saturated carbocycles. The van der Waals surface area contributed by atoms with E-state index in [1.165, 1.54) is 9.13 Å². The minimum Gasteiger partial charge on any atom is -0.356 e. The molecule has 2 N–H and O–H groups in total. The number of anilines is 2. The van der Waals surface area contributed by atoms with Crippen molar-refractivity contribution in [3.05, 3.63) is 50.9 Å². The minimum absolute atomic E-state index is 0.0274. The van der Waals surface area contributed by atoms with Crippen LogP contribution in [0.15, 0.2) is 33.9 Å². The number of fused-ring (bicyclic) bond motifs is 2. The van der Waals surface area contributed by atoms with E-state index in [0.29, 0.717) is 29.5 Å². The van der Waals surface area contributed by atoms with Crippen LogP contribution in [0.1, 0.15) is 38.4 Å². The number of nitrogens with zero attached hydrogens (tertiary/aromatic N) is 8. The highest BCUT2D eigenvalue weighted by Gasteiger charge is 2.27. The van der Waals surface area contributed by atoms with E-state index in [9.17, 15) is 9.59 Å². The van der Waals surface area contributed by atoms with Crippen LogP contribution in [0, 0.1) is 11.8 Å². The highest BCUT2D eigenvalue weighted by molar-refractivity contribution is 5.89. The summed E-state index contributed by atoms with van der Waals surface area (Å²) in [6.07, 6.45) is 4.10. The van der Waals surface area contributed by atoms with Gasteiger partial charge in [-0.2, -0.15) is 4.98 Å². The van der Waals surface area contributed by atoms with Gasteiger partial charge in [0.25, 0.3) is 5.56 Å². The van der Waals surface area contributed by atoms with Crippen molar-refractivity contribution in [3.63, 3.8) is 0 Å². The monoisotopic (exact) mass is 527 g/mol. The second kappa shape index (κ2) is 10.2. The molecule has 0 spiro atoms. The third-order valence-electron chi connectivity index (χ3n) is 7.70. The Morgan fingerprint density at radius 1 is 1.00 bits per heavy atom. The van der Waals surface area contributed by atoms with Gasteiger partial charge in [-0.25, -0.2) is 14.8 Å². The first kappa shape index (κ1) is 25.1. The summed E-state index contributed by atoms with van der Waals surface area (Å²) in [5.74, 6) is 7.88. The molecule has 11 heteroatoms. The largest absolute Gasteiger partial charge is 0.356 e. The molecular formula is C28H33N9O2. The van der Waals surface area contributed by atoms with Gasteiger partial charge in [-0.3, -0.25) is 18.5 Å². The van der Waals surface area contributed by atoms with Crippen LogP contribution in [0.2, 0.25) is 0 Å². The number of piperidine rings is 1. The molecule has 3 aromatic heterocycles. The van der Waals surface area contributed by atoms with Crippen LogP contribution in [0.3, 0.4) is 0 Å². The van der Waals surface area contributed by atoms with Gasteiger partial charge >= 0.3 is 5.69 Å². The van der Waals surface area contributed by atoms with Gasteiger partial charge in [0.2, 0.25) is 5.95 Å². The fourth-order valence-electron chi connectivity index (χ4n) is 5.73. The van der Waals surface area contributed by atoms with Gasteiger partial charge in [-0.15, -0.1) is 5.92 Å². The zero-order chi connectivity index (χ0) is 27.1. The van der Waals surface area contributed by atoms with Gasteiger partial charge in [0, 0.05) is 44.7 Å². The molecule has 2 aliphatic heterocycles. The first-order valence-electron chi connectivity index (χ1n) is 13.6. The minimum atomic E-state index is -0.458. The Kier molecular flexibility index (Phi) is 6.56. The molecule has 0 bridgehead atoms. The Morgan fingerprint density at radius 3 is 2.54 bits per heavy atom. The average Bonchev–Trinajstić information content (AvgIpc) is 3.61. The number of benzene rings is 1. The highest BCUT2D eigenvalue weighted by atomic mass is 16.2. The standard InChI is InChI=1S/C28H33N9O2/c1-3-4-16-36-23-25(32-27(36)35-15-9-10-19(29)17-35)33(2)28(39)37(26(23)38)18-22-30-21-12-6-5-11-20(21)24(31-22)34-13-7-8-14-34/h5-6,11-12,19H,7-10,13-18,29H2,1-2H3. The Morgan fingerprint density at radius 2 is 1.77 bits per heavy atom.